The van der Waals surface area contributed by atoms with Crippen molar-refractivity contribution in [3.05, 3.63) is 182 Å². The summed E-state index contributed by atoms with van der Waals surface area (Å²) >= 11 is 0. The quantitative estimate of drug-likeness (QED) is 0.0201. The number of ether oxygens (including phenoxy) is 3. The van der Waals surface area contributed by atoms with Crippen LogP contribution in [0.3, 0.4) is 0 Å². The van der Waals surface area contributed by atoms with Crippen molar-refractivity contribution in [3.8, 4) is 0 Å². The van der Waals surface area contributed by atoms with Gasteiger partial charge in [-0.1, -0.05) is 216 Å². The molecule has 0 saturated carbocycles. The lowest BCUT2D eigenvalue weighted by Gasteiger charge is -2.18. The maximum atomic E-state index is 12.7. The molecular formula is C58H82O6. The van der Waals surface area contributed by atoms with E-state index in [0.29, 0.717) is 19.3 Å². The molecule has 64 heavy (non-hydrogen) atoms. The van der Waals surface area contributed by atoms with E-state index in [1.807, 2.05) is 109 Å². The maximum absolute atomic E-state index is 12.7. The predicted octanol–water partition coefficient (Wildman–Crippen LogP) is 15.8. The lowest BCUT2D eigenvalue weighted by Crippen LogP contribution is -2.30. The summed E-state index contributed by atoms with van der Waals surface area (Å²) in [6, 6.07) is 0. The molecule has 1 atom stereocenters. The van der Waals surface area contributed by atoms with E-state index in [1.165, 1.54) is 0 Å². The van der Waals surface area contributed by atoms with E-state index in [9.17, 15) is 14.4 Å². The van der Waals surface area contributed by atoms with E-state index in [2.05, 4.69) is 93.7 Å². The second kappa shape index (κ2) is 50.2. The molecule has 0 aromatic heterocycles. The summed E-state index contributed by atoms with van der Waals surface area (Å²) < 4.78 is 16.6. The predicted molar refractivity (Wildman–Crippen MR) is 274 cm³/mol. The number of hydrogen-bond acceptors (Lipinski definition) is 6. The van der Waals surface area contributed by atoms with E-state index in [4.69, 9.17) is 14.2 Å². The summed E-state index contributed by atoms with van der Waals surface area (Å²) in [5, 5.41) is 0. The summed E-state index contributed by atoms with van der Waals surface area (Å²) in [4.78, 5) is 37.9. The Morgan fingerprint density at radius 3 is 1.06 bits per heavy atom. The van der Waals surface area contributed by atoms with Crippen LogP contribution in [0.5, 0.6) is 0 Å². The van der Waals surface area contributed by atoms with Crippen LogP contribution < -0.4 is 0 Å². The van der Waals surface area contributed by atoms with Crippen LogP contribution in [0.1, 0.15) is 143 Å². The van der Waals surface area contributed by atoms with Crippen LogP contribution >= 0.6 is 0 Å². The van der Waals surface area contributed by atoms with Gasteiger partial charge in [-0.3, -0.25) is 14.4 Å². The number of esters is 3. The van der Waals surface area contributed by atoms with Crippen LogP contribution in [0, 0.1) is 0 Å². The average molecular weight is 875 g/mol. The summed E-state index contributed by atoms with van der Waals surface area (Å²) in [5.41, 5.74) is 0. The average Bonchev–Trinajstić information content (AvgIpc) is 3.29. The monoisotopic (exact) mass is 875 g/mol. The van der Waals surface area contributed by atoms with Crippen molar-refractivity contribution in [2.45, 2.75) is 149 Å². The first-order valence-electron chi connectivity index (χ1n) is 23.9. The van der Waals surface area contributed by atoms with Crippen molar-refractivity contribution in [1.29, 1.82) is 0 Å². The van der Waals surface area contributed by atoms with Crippen molar-refractivity contribution in [1.82, 2.24) is 0 Å². The Labute approximate surface area is 389 Å². The van der Waals surface area contributed by atoms with Crippen molar-refractivity contribution in [2.75, 3.05) is 13.2 Å². The molecule has 0 amide bonds. The Hall–Kier alpha value is -5.49. The first-order chi connectivity index (χ1) is 31.5. The molecule has 0 radical (unpaired) electrons. The number of carbonyl (C=O) groups excluding carboxylic acids is 3. The Morgan fingerprint density at radius 1 is 0.328 bits per heavy atom. The molecule has 0 fully saturated rings. The second-order valence-corrected chi connectivity index (χ2v) is 14.8. The molecule has 0 bridgehead atoms. The van der Waals surface area contributed by atoms with Gasteiger partial charge in [-0.25, -0.2) is 0 Å². The normalized spacial score (nSPS) is 13.7. The second-order valence-electron chi connectivity index (χ2n) is 14.8. The summed E-state index contributed by atoms with van der Waals surface area (Å²) in [6.45, 7) is 6.05. The lowest BCUT2D eigenvalue weighted by atomic mass is 10.1. The molecule has 6 heteroatoms. The highest BCUT2D eigenvalue weighted by Gasteiger charge is 2.19. The van der Waals surface area contributed by atoms with Crippen molar-refractivity contribution in [3.63, 3.8) is 0 Å². The van der Waals surface area contributed by atoms with Crippen molar-refractivity contribution < 1.29 is 28.6 Å². The molecule has 0 aliphatic carbocycles. The topological polar surface area (TPSA) is 78.9 Å². The van der Waals surface area contributed by atoms with Crippen LogP contribution in [-0.2, 0) is 28.6 Å². The number of rotatable bonds is 39. The van der Waals surface area contributed by atoms with Crippen molar-refractivity contribution in [2.24, 2.45) is 0 Å². The van der Waals surface area contributed by atoms with E-state index >= 15 is 0 Å². The molecule has 350 valence electrons. The SMILES string of the molecule is CC\C=C/C=C\C=C/C=C\C=C\C=C/CCCCCC(=O)OCC(COC(=O)CCCCC\C=C/C=C\C=C/C=C\CC)OC(=O)CC/C=C\C/C=C\C/C=C\C/C=C\C/C=C\CC. The third-order valence-electron chi connectivity index (χ3n) is 8.91. The molecule has 0 heterocycles. The fourth-order valence-electron chi connectivity index (χ4n) is 5.41. The standard InChI is InChI=1S/C58H82O6/c1-4-7-10-13-16-19-22-25-27-29-31-33-36-39-42-45-48-51-57(60)63-54-55(53-62-56(59)50-47-44-41-38-35-32-24-21-18-15-12-9-6-3)64-58(61)52-49-46-43-40-37-34-30-28-26-23-20-17-14-11-8-5-2/h7-13,15-22,24-29,31-37,43,46,55H,4-6,14,23,30,38-42,44-45,47-54H2,1-3H3/b10-7-,11-8-,12-9-,16-13-,18-15-,20-17-,22-19-,24-21-,27-25-,28-26-,31-29+,35-32-,36-33-,37-34-,46-43-. The fourth-order valence-corrected chi connectivity index (χ4v) is 5.41. The Kier molecular flexibility index (Phi) is 45.9. The van der Waals surface area contributed by atoms with E-state index in [0.717, 1.165) is 83.5 Å². The first-order valence-corrected chi connectivity index (χ1v) is 23.9. The van der Waals surface area contributed by atoms with Gasteiger partial charge >= 0.3 is 17.9 Å². The minimum Gasteiger partial charge on any atom is -0.462 e. The van der Waals surface area contributed by atoms with E-state index in [-0.39, 0.29) is 44.4 Å². The maximum Gasteiger partial charge on any atom is 0.306 e. The molecule has 0 saturated heterocycles. The van der Waals surface area contributed by atoms with Crippen LogP contribution in [0.4, 0.5) is 0 Å². The molecular weight excluding hydrogens is 793 g/mol. The summed E-state index contributed by atoms with van der Waals surface area (Å²) in [5.74, 6) is -1.14. The molecule has 0 aliphatic rings. The molecule has 6 nitrogen and oxygen atoms in total. The molecule has 0 aromatic carbocycles. The molecule has 0 spiro atoms. The first kappa shape index (κ1) is 58.5. The molecule has 0 aliphatic heterocycles. The zero-order valence-electron chi connectivity index (χ0n) is 39.7. The zero-order valence-corrected chi connectivity index (χ0v) is 39.7. The van der Waals surface area contributed by atoms with Gasteiger partial charge in [-0.05, 0) is 89.9 Å². The molecule has 0 rings (SSSR count). The number of unbranched alkanes of at least 4 members (excludes halogenated alkanes) is 6. The van der Waals surface area contributed by atoms with Crippen LogP contribution in [0.25, 0.3) is 0 Å². The fraction of sp³-hybridized carbons (Fsp3) is 0.431. The largest absolute Gasteiger partial charge is 0.462 e. The van der Waals surface area contributed by atoms with Crippen LogP contribution in [0.2, 0.25) is 0 Å². The van der Waals surface area contributed by atoms with E-state index < -0.39 is 12.1 Å². The van der Waals surface area contributed by atoms with Crippen molar-refractivity contribution >= 4 is 17.9 Å². The van der Waals surface area contributed by atoms with Gasteiger partial charge in [0.2, 0.25) is 0 Å². The smallest absolute Gasteiger partial charge is 0.306 e. The highest BCUT2D eigenvalue weighted by atomic mass is 16.6. The van der Waals surface area contributed by atoms with Crippen LogP contribution in [-0.4, -0.2) is 37.2 Å². The lowest BCUT2D eigenvalue weighted by molar-refractivity contribution is -0.166. The molecule has 0 N–H and O–H groups in total. The minimum absolute atomic E-state index is 0.154. The summed E-state index contributed by atoms with van der Waals surface area (Å²) in [7, 11) is 0. The van der Waals surface area contributed by atoms with Gasteiger partial charge in [0.05, 0.1) is 0 Å². The van der Waals surface area contributed by atoms with Gasteiger partial charge in [0.25, 0.3) is 0 Å². The highest BCUT2D eigenvalue weighted by Crippen LogP contribution is 2.09. The molecule has 1 unspecified atom stereocenters. The third-order valence-corrected chi connectivity index (χ3v) is 8.91. The van der Waals surface area contributed by atoms with Gasteiger partial charge in [-0.15, -0.1) is 0 Å². The summed E-state index contributed by atoms with van der Waals surface area (Å²) in [6.07, 6.45) is 76.0. The Morgan fingerprint density at radius 2 is 0.672 bits per heavy atom. The molecule has 0 aromatic rings. The Balaban J connectivity index is 4.71. The Bertz CT molecular complexity index is 1610. The van der Waals surface area contributed by atoms with Gasteiger partial charge in [0, 0.05) is 19.3 Å². The minimum atomic E-state index is -0.863. The van der Waals surface area contributed by atoms with Gasteiger partial charge in [0.15, 0.2) is 6.10 Å². The van der Waals surface area contributed by atoms with Gasteiger partial charge < -0.3 is 14.2 Å². The third kappa shape index (κ3) is 47.6. The van der Waals surface area contributed by atoms with E-state index in [1.54, 1.807) is 0 Å². The van der Waals surface area contributed by atoms with Gasteiger partial charge in [-0.2, -0.15) is 0 Å². The van der Waals surface area contributed by atoms with Crippen LogP contribution in [0.15, 0.2) is 182 Å². The number of hydrogen-bond donors (Lipinski definition) is 0. The highest BCUT2D eigenvalue weighted by molar-refractivity contribution is 5.71. The number of allylic oxidation sites excluding steroid dienone is 30. The zero-order chi connectivity index (χ0) is 46.5. The number of carbonyl (C=O) groups is 3. The van der Waals surface area contributed by atoms with Gasteiger partial charge in [0.1, 0.15) is 13.2 Å².